The Hall–Kier alpha value is -1.56. The molecule has 20 heavy (non-hydrogen) atoms. The number of carbonyl (C=O) groups is 1. The Labute approximate surface area is 126 Å². The van der Waals surface area contributed by atoms with Gasteiger partial charge < -0.3 is 15.6 Å². The normalized spacial score (nSPS) is 10.6. The second kappa shape index (κ2) is 6.26. The van der Waals surface area contributed by atoms with Gasteiger partial charge in [-0.05, 0) is 18.6 Å². The van der Waals surface area contributed by atoms with E-state index in [1.165, 1.54) is 0 Å². The van der Waals surface area contributed by atoms with Crippen molar-refractivity contribution in [3.63, 3.8) is 0 Å². The fraction of sp³-hybridized carbons (Fsp3) is 0.231. The van der Waals surface area contributed by atoms with E-state index in [0.29, 0.717) is 28.8 Å². The number of imidazole rings is 1. The molecule has 0 saturated carbocycles. The fourth-order valence-electron chi connectivity index (χ4n) is 1.70. The lowest BCUT2D eigenvalue weighted by atomic mass is 10.2. The third-order valence-corrected chi connectivity index (χ3v) is 3.58. The molecule has 0 atom stereocenters. The van der Waals surface area contributed by atoms with Gasteiger partial charge in [0.15, 0.2) is 0 Å². The standard InChI is InChI=1S/C13H14Cl2N4O/c1-8-2-3-9(14)12(11(8)15)18-13(20)10-6-19(5-4-16)7-17-10/h2-3,6-7H,4-5,16H2,1H3,(H,18,20). The van der Waals surface area contributed by atoms with Crippen molar-refractivity contribution in [1.29, 1.82) is 0 Å². The van der Waals surface area contributed by atoms with Gasteiger partial charge in [-0.25, -0.2) is 4.98 Å². The monoisotopic (exact) mass is 312 g/mol. The van der Waals surface area contributed by atoms with Gasteiger partial charge in [0, 0.05) is 19.3 Å². The second-order valence-corrected chi connectivity index (χ2v) is 5.08. The number of anilines is 1. The summed E-state index contributed by atoms with van der Waals surface area (Å²) in [6, 6.07) is 3.47. The lowest BCUT2D eigenvalue weighted by Gasteiger charge is -2.10. The predicted octanol–water partition coefficient (Wildman–Crippen LogP) is 2.71. The average Bonchev–Trinajstić information content (AvgIpc) is 2.88. The Morgan fingerprint density at radius 2 is 2.20 bits per heavy atom. The van der Waals surface area contributed by atoms with Crippen LogP contribution in [-0.2, 0) is 6.54 Å². The van der Waals surface area contributed by atoms with Crippen molar-refractivity contribution < 1.29 is 4.79 Å². The largest absolute Gasteiger partial charge is 0.335 e. The highest BCUT2D eigenvalue weighted by Crippen LogP contribution is 2.33. The van der Waals surface area contributed by atoms with Gasteiger partial charge in [0.25, 0.3) is 5.91 Å². The zero-order valence-corrected chi connectivity index (χ0v) is 12.4. The Bertz CT molecular complexity index is 639. The van der Waals surface area contributed by atoms with Gasteiger partial charge >= 0.3 is 0 Å². The topological polar surface area (TPSA) is 72.9 Å². The van der Waals surface area contributed by atoms with Crippen LogP contribution in [0.3, 0.4) is 0 Å². The molecule has 1 amide bonds. The minimum Gasteiger partial charge on any atom is -0.335 e. The maximum Gasteiger partial charge on any atom is 0.275 e. The first-order valence-corrected chi connectivity index (χ1v) is 6.76. The number of carbonyl (C=O) groups excluding carboxylic acids is 1. The molecule has 2 rings (SSSR count). The molecule has 3 N–H and O–H groups in total. The van der Waals surface area contributed by atoms with E-state index in [2.05, 4.69) is 10.3 Å². The number of aromatic nitrogens is 2. The summed E-state index contributed by atoms with van der Waals surface area (Å²) in [6.07, 6.45) is 3.18. The first-order valence-electron chi connectivity index (χ1n) is 6.00. The van der Waals surface area contributed by atoms with Crippen LogP contribution in [0.25, 0.3) is 0 Å². The molecule has 0 aliphatic heterocycles. The van der Waals surface area contributed by atoms with E-state index in [1.807, 2.05) is 6.92 Å². The highest BCUT2D eigenvalue weighted by Gasteiger charge is 2.15. The smallest absolute Gasteiger partial charge is 0.275 e. The third-order valence-electron chi connectivity index (χ3n) is 2.78. The summed E-state index contributed by atoms with van der Waals surface area (Å²) >= 11 is 12.2. The highest BCUT2D eigenvalue weighted by atomic mass is 35.5. The van der Waals surface area contributed by atoms with Gasteiger partial charge in [-0.1, -0.05) is 29.3 Å². The number of amides is 1. The van der Waals surface area contributed by atoms with Crippen LogP contribution in [0, 0.1) is 6.92 Å². The molecule has 0 aliphatic carbocycles. The summed E-state index contributed by atoms with van der Waals surface area (Å²) in [4.78, 5) is 16.1. The molecule has 1 aromatic carbocycles. The number of aryl methyl sites for hydroxylation is 1. The average molecular weight is 313 g/mol. The molecule has 0 aliphatic rings. The summed E-state index contributed by atoms with van der Waals surface area (Å²) in [5.41, 5.74) is 6.95. The minimum absolute atomic E-state index is 0.284. The van der Waals surface area contributed by atoms with Gasteiger partial charge in [0.2, 0.25) is 0 Å². The molecule has 0 radical (unpaired) electrons. The van der Waals surface area contributed by atoms with E-state index in [9.17, 15) is 4.79 Å². The molecule has 0 bridgehead atoms. The van der Waals surface area contributed by atoms with Crippen LogP contribution in [0.5, 0.6) is 0 Å². The van der Waals surface area contributed by atoms with Gasteiger partial charge in [-0.2, -0.15) is 0 Å². The number of nitrogens with zero attached hydrogens (tertiary/aromatic N) is 2. The quantitative estimate of drug-likeness (QED) is 0.911. The highest BCUT2D eigenvalue weighted by molar-refractivity contribution is 6.40. The van der Waals surface area contributed by atoms with Crippen LogP contribution in [-0.4, -0.2) is 22.0 Å². The molecule has 2 aromatic rings. The SMILES string of the molecule is Cc1ccc(Cl)c(NC(=O)c2cn(CCN)cn2)c1Cl. The Kier molecular flexibility index (Phi) is 4.65. The van der Waals surface area contributed by atoms with Crippen LogP contribution < -0.4 is 11.1 Å². The maximum atomic E-state index is 12.1. The van der Waals surface area contributed by atoms with Crippen LogP contribution in [0.1, 0.15) is 16.1 Å². The summed E-state index contributed by atoms with van der Waals surface area (Å²) < 4.78 is 1.74. The first-order chi connectivity index (χ1) is 9.52. The van der Waals surface area contributed by atoms with Gasteiger partial charge in [-0.3, -0.25) is 4.79 Å². The molecule has 1 heterocycles. The summed E-state index contributed by atoms with van der Waals surface area (Å²) in [5.74, 6) is -0.366. The van der Waals surface area contributed by atoms with E-state index >= 15 is 0 Å². The van der Waals surface area contributed by atoms with Crippen molar-refractivity contribution >= 4 is 34.8 Å². The predicted molar refractivity (Wildman–Crippen MR) is 80.4 cm³/mol. The van der Waals surface area contributed by atoms with Crippen LogP contribution in [0.15, 0.2) is 24.7 Å². The van der Waals surface area contributed by atoms with Crippen LogP contribution in [0.4, 0.5) is 5.69 Å². The maximum absolute atomic E-state index is 12.1. The van der Waals surface area contributed by atoms with Crippen molar-refractivity contribution in [3.8, 4) is 0 Å². The number of nitrogens with one attached hydrogen (secondary N) is 1. The first kappa shape index (κ1) is 14.8. The molecule has 1 aromatic heterocycles. The summed E-state index contributed by atoms with van der Waals surface area (Å²) in [7, 11) is 0. The van der Waals surface area contributed by atoms with E-state index in [0.717, 1.165) is 5.56 Å². The van der Waals surface area contributed by atoms with Crippen molar-refractivity contribution in [2.45, 2.75) is 13.5 Å². The van der Waals surface area contributed by atoms with Crippen LogP contribution >= 0.6 is 23.2 Å². The molecule has 0 unspecified atom stereocenters. The Morgan fingerprint density at radius 3 is 2.90 bits per heavy atom. The van der Waals surface area contributed by atoms with E-state index < -0.39 is 0 Å². The molecule has 0 spiro atoms. The van der Waals surface area contributed by atoms with Gasteiger partial charge in [0.1, 0.15) is 5.69 Å². The van der Waals surface area contributed by atoms with Crippen molar-refractivity contribution in [3.05, 3.63) is 46.0 Å². The molecular weight excluding hydrogens is 299 g/mol. The van der Waals surface area contributed by atoms with Gasteiger partial charge in [-0.15, -0.1) is 0 Å². The molecule has 7 heteroatoms. The van der Waals surface area contributed by atoms with Crippen molar-refractivity contribution in [1.82, 2.24) is 9.55 Å². The zero-order valence-electron chi connectivity index (χ0n) is 10.9. The lowest BCUT2D eigenvalue weighted by molar-refractivity contribution is 0.102. The third kappa shape index (κ3) is 3.12. The molecule has 5 nitrogen and oxygen atoms in total. The lowest BCUT2D eigenvalue weighted by Crippen LogP contribution is -2.13. The molecule has 0 saturated heterocycles. The van der Waals surface area contributed by atoms with Crippen molar-refractivity contribution in [2.24, 2.45) is 5.73 Å². The number of rotatable bonds is 4. The van der Waals surface area contributed by atoms with E-state index in [1.54, 1.807) is 29.2 Å². The molecular formula is C13H14Cl2N4O. The fourth-order valence-corrected chi connectivity index (χ4v) is 2.16. The number of hydrogen-bond acceptors (Lipinski definition) is 3. The number of halogens is 2. The Morgan fingerprint density at radius 1 is 1.45 bits per heavy atom. The molecule has 106 valence electrons. The van der Waals surface area contributed by atoms with E-state index in [4.69, 9.17) is 28.9 Å². The summed E-state index contributed by atoms with van der Waals surface area (Å²) in [6.45, 7) is 2.92. The molecule has 0 fully saturated rings. The Balaban J connectivity index is 2.21. The van der Waals surface area contributed by atoms with Crippen LogP contribution in [0.2, 0.25) is 10.0 Å². The summed E-state index contributed by atoms with van der Waals surface area (Å²) in [5, 5.41) is 3.49. The minimum atomic E-state index is -0.366. The van der Waals surface area contributed by atoms with Gasteiger partial charge in [0.05, 0.1) is 22.1 Å². The van der Waals surface area contributed by atoms with E-state index in [-0.39, 0.29) is 11.6 Å². The zero-order chi connectivity index (χ0) is 14.7. The second-order valence-electron chi connectivity index (χ2n) is 4.29. The van der Waals surface area contributed by atoms with Crippen molar-refractivity contribution in [2.75, 3.05) is 11.9 Å². The number of hydrogen-bond donors (Lipinski definition) is 2. The number of nitrogens with two attached hydrogens (primary N) is 1. The number of benzene rings is 1.